The second kappa shape index (κ2) is 5.38. The standard InChI is InChI=1S/C11H10ClNO3/c1-2-7(6-13)16-10-8(11(14)15)4-3-5-9(10)12/h3-5,7H,2H2,1H3,(H,14,15). The van der Waals surface area contributed by atoms with E-state index in [9.17, 15) is 4.79 Å². The van der Waals surface area contributed by atoms with Crippen molar-refractivity contribution in [3.63, 3.8) is 0 Å². The van der Waals surface area contributed by atoms with E-state index in [0.717, 1.165) is 0 Å². The van der Waals surface area contributed by atoms with Crippen LogP contribution in [0.15, 0.2) is 18.2 Å². The van der Waals surface area contributed by atoms with E-state index in [-0.39, 0.29) is 16.3 Å². The molecule has 0 saturated heterocycles. The lowest BCUT2D eigenvalue weighted by Crippen LogP contribution is -2.15. The first-order valence-corrected chi connectivity index (χ1v) is 5.06. The first kappa shape index (κ1) is 12.3. The minimum atomic E-state index is -1.13. The molecule has 0 fully saturated rings. The van der Waals surface area contributed by atoms with E-state index in [1.54, 1.807) is 6.92 Å². The van der Waals surface area contributed by atoms with Gasteiger partial charge in [0.15, 0.2) is 11.9 Å². The third-order valence-corrected chi connectivity index (χ3v) is 2.27. The Labute approximate surface area is 98.0 Å². The molecule has 16 heavy (non-hydrogen) atoms. The molecule has 0 aliphatic heterocycles. The molecule has 0 aromatic heterocycles. The fraction of sp³-hybridized carbons (Fsp3) is 0.273. The summed E-state index contributed by atoms with van der Waals surface area (Å²) >= 11 is 5.83. The lowest BCUT2D eigenvalue weighted by atomic mass is 10.2. The third kappa shape index (κ3) is 2.65. The van der Waals surface area contributed by atoms with E-state index in [0.29, 0.717) is 6.42 Å². The Morgan fingerprint density at radius 1 is 1.69 bits per heavy atom. The van der Waals surface area contributed by atoms with E-state index in [1.165, 1.54) is 18.2 Å². The number of rotatable bonds is 4. The molecule has 0 amide bonds. The van der Waals surface area contributed by atoms with Gasteiger partial charge in [-0.25, -0.2) is 4.79 Å². The van der Waals surface area contributed by atoms with Crippen LogP contribution in [0.3, 0.4) is 0 Å². The van der Waals surface area contributed by atoms with Crippen LogP contribution in [0, 0.1) is 11.3 Å². The summed E-state index contributed by atoms with van der Waals surface area (Å²) in [4.78, 5) is 10.9. The van der Waals surface area contributed by atoms with E-state index < -0.39 is 12.1 Å². The molecule has 1 N–H and O–H groups in total. The molecule has 0 radical (unpaired) electrons. The number of hydrogen-bond donors (Lipinski definition) is 1. The van der Waals surface area contributed by atoms with Crippen molar-refractivity contribution in [1.29, 1.82) is 5.26 Å². The minimum absolute atomic E-state index is 0.0406. The molecule has 0 aliphatic carbocycles. The smallest absolute Gasteiger partial charge is 0.339 e. The van der Waals surface area contributed by atoms with Crippen molar-refractivity contribution in [1.82, 2.24) is 0 Å². The van der Waals surface area contributed by atoms with Gasteiger partial charge >= 0.3 is 5.97 Å². The Morgan fingerprint density at radius 2 is 2.38 bits per heavy atom. The molecule has 0 bridgehead atoms. The molecule has 0 aliphatic rings. The molecule has 1 aromatic rings. The number of halogens is 1. The first-order valence-electron chi connectivity index (χ1n) is 4.68. The number of carboxylic acid groups (broad SMARTS) is 1. The van der Waals surface area contributed by atoms with Gasteiger partial charge in [0, 0.05) is 0 Å². The van der Waals surface area contributed by atoms with Crippen molar-refractivity contribution in [2.24, 2.45) is 0 Å². The number of nitrogens with zero attached hydrogens (tertiary/aromatic N) is 1. The maximum atomic E-state index is 10.9. The number of nitriles is 1. The van der Waals surface area contributed by atoms with Crippen LogP contribution < -0.4 is 4.74 Å². The van der Waals surface area contributed by atoms with E-state index in [1.807, 2.05) is 6.07 Å². The number of benzene rings is 1. The predicted octanol–water partition coefficient (Wildman–Crippen LogP) is 2.72. The topological polar surface area (TPSA) is 70.3 Å². The van der Waals surface area contributed by atoms with Gasteiger partial charge in [-0.3, -0.25) is 0 Å². The normalized spacial score (nSPS) is 11.6. The summed E-state index contributed by atoms with van der Waals surface area (Å²) in [5.41, 5.74) is -0.0406. The lowest BCUT2D eigenvalue weighted by Gasteiger charge is -2.13. The monoisotopic (exact) mass is 239 g/mol. The summed E-state index contributed by atoms with van der Waals surface area (Å²) in [6.45, 7) is 1.77. The maximum absolute atomic E-state index is 10.9. The van der Waals surface area contributed by atoms with Gasteiger partial charge in [0.05, 0.1) is 5.02 Å². The summed E-state index contributed by atoms with van der Waals surface area (Å²) in [5, 5.41) is 17.9. The third-order valence-electron chi connectivity index (χ3n) is 1.97. The highest BCUT2D eigenvalue weighted by atomic mass is 35.5. The molecule has 1 aromatic carbocycles. The van der Waals surface area contributed by atoms with Gasteiger partial charge in [-0.05, 0) is 18.6 Å². The highest BCUT2D eigenvalue weighted by Crippen LogP contribution is 2.29. The van der Waals surface area contributed by atoms with Crippen LogP contribution in [-0.2, 0) is 0 Å². The summed E-state index contributed by atoms with van der Waals surface area (Å²) in [7, 11) is 0. The molecule has 0 saturated carbocycles. The fourth-order valence-corrected chi connectivity index (χ4v) is 1.36. The lowest BCUT2D eigenvalue weighted by molar-refractivity contribution is 0.0691. The maximum Gasteiger partial charge on any atom is 0.339 e. The van der Waals surface area contributed by atoms with Gasteiger partial charge in [-0.1, -0.05) is 24.6 Å². The van der Waals surface area contributed by atoms with Crippen LogP contribution in [0.1, 0.15) is 23.7 Å². The SMILES string of the molecule is CCC(C#N)Oc1c(Cl)cccc1C(=O)O. The number of hydrogen-bond acceptors (Lipinski definition) is 3. The second-order valence-electron chi connectivity index (χ2n) is 3.07. The Kier molecular flexibility index (Phi) is 4.15. The molecule has 1 unspecified atom stereocenters. The largest absolute Gasteiger partial charge is 0.478 e. The van der Waals surface area contributed by atoms with Gasteiger partial charge in [-0.2, -0.15) is 5.26 Å². The molecule has 0 spiro atoms. The number of aromatic carboxylic acids is 1. The van der Waals surface area contributed by atoms with Crippen LogP contribution in [-0.4, -0.2) is 17.2 Å². The highest BCUT2D eigenvalue weighted by molar-refractivity contribution is 6.32. The second-order valence-corrected chi connectivity index (χ2v) is 3.47. The van der Waals surface area contributed by atoms with Gasteiger partial charge in [0.25, 0.3) is 0 Å². The van der Waals surface area contributed by atoms with Crippen LogP contribution in [0.25, 0.3) is 0 Å². The van der Waals surface area contributed by atoms with Crippen molar-refractivity contribution < 1.29 is 14.6 Å². The van der Waals surface area contributed by atoms with E-state index in [4.69, 9.17) is 26.7 Å². The minimum Gasteiger partial charge on any atom is -0.478 e. The van der Waals surface area contributed by atoms with Gasteiger partial charge in [-0.15, -0.1) is 0 Å². The summed E-state index contributed by atoms with van der Waals surface area (Å²) in [6, 6.07) is 6.34. The zero-order valence-electron chi connectivity index (χ0n) is 8.61. The van der Waals surface area contributed by atoms with Crippen molar-refractivity contribution >= 4 is 17.6 Å². The van der Waals surface area contributed by atoms with Crippen LogP contribution in [0.4, 0.5) is 0 Å². The molecule has 1 rings (SSSR count). The van der Waals surface area contributed by atoms with Gasteiger partial charge < -0.3 is 9.84 Å². The average Bonchev–Trinajstić information content (AvgIpc) is 2.27. The molecule has 0 heterocycles. The van der Waals surface area contributed by atoms with Gasteiger partial charge in [0.1, 0.15) is 11.6 Å². The van der Waals surface area contributed by atoms with Crippen LogP contribution in [0.2, 0.25) is 5.02 Å². The van der Waals surface area contributed by atoms with Crippen LogP contribution in [0.5, 0.6) is 5.75 Å². The predicted molar refractivity (Wildman–Crippen MR) is 58.7 cm³/mol. The van der Waals surface area contributed by atoms with Crippen molar-refractivity contribution in [2.45, 2.75) is 19.4 Å². The Hall–Kier alpha value is -1.73. The Morgan fingerprint density at radius 3 is 2.88 bits per heavy atom. The zero-order chi connectivity index (χ0) is 12.1. The molecule has 5 heteroatoms. The van der Waals surface area contributed by atoms with E-state index in [2.05, 4.69) is 0 Å². The van der Waals surface area contributed by atoms with Crippen molar-refractivity contribution in [2.75, 3.05) is 0 Å². The van der Waals surface area contributed by atoms with Crippen molar-refractivity contribution in [3.8, 4) is 11.8 Å². The number of ether oxygens (including phenoxy) is 1. The average molecular weight is 240 g/mol. The highest BCUT2D eigenvalue weighted by Gasteiger charge is 2.17. The molecular formula is C11H10ClNO3. The Bertz CT molecular complexity index is 439. The first-order chi connectivity index (χ1) is 7.60. The summed E-state index contributed by atoms with van der Waals surface area (Å²) < 4.78 is 5.26. The van der Waals surface area contributed by atoms with E-state index >= 15 is 0 Å². The molecule has 1 atom stereocenters. The van der Waals surface area contributed by atoms with Gasteiger partial charge in [0.2, 0.25) is 0 Å². The Balaban J connectivity index is 3.11. The van der Waals surface area contributed by atoms with Crippen LogP contribution >= 0.6 is 11.6 Å². The number of carboxylic acids is 1. The quantitative estimate of drug-likeness (QED) is 0.877. The number of carbonyl (C=O) groups is 1. The zero-order valence-corrected chi connectivity index (χ0v) is 9.36. The summed E-state index contributed by atoms with van der Waals surface area (Å²) in [6.07, 6.45) is -0.237. The fourth-order valence-electron chi connectivity index (χ4n) is 1.14. The molecular weight excluding hydrogens is 230 g/mol. The van der Waals surface area contributed by atoms with Crippen molar-refractivity contribution in [3.05, 3.63) is 28.8 Å². The molecule has 4 nitrogen and oxygen atoms in total. The number of para-hydroxylation sites is 1. The summed E-state index contributed by atoms with van der Waals surface area (Å²) in [5.74, 6) is -1.09. The molecule has 84 valence electrons.